The highest BCUT2D eigenvalue weighted by atomic mass is 32.2. The average Bonchev–Trinajstić information content (AvgIpc) is 2.56. The third-order valence-electron chi connectivity index (χ3n) is 3.39. The molecule has 6 heteroatoms. The molecular weight excluding hydrogens is 326 g/mol. The predicted octanol–water partition coefficient (Wildman–Crippen LogP) is 3.24. The number of carbonyl (C=O) groups is 1. The Hall–Kier alpha value is -2.34. The van der Waals surface area contributed by atoms with Crippen LogP contribution in [0.5, 0.6) is 0 Å². The molecule has 24 heavy (non-hydrogen) atoms. The van der Waals surface area contributed by atoms with Crippen LogP contribution in [0.2, 0.25) is 0 Å². The van der Waals surface area contributed by atoms with Crippen molar-refractivity contribution < 1.29 is 17.9 Å². The van der Waals surface area contributed by atoms with Gasteiger partial charge in [-0.05, 0) is 49.6 Å². The first-order chi connectivity index (χ1) is 11.5. The van der Waals surface area contributed by atoms with Crippen molar-refractivity contribution in [3.8, 4) is 0 Å². The molecule has 0 amide bonds. The lowest BCUT2D eigenvalue weighted by Crippen LogP contribution is -2.17. The molecule has 2 aromatic rings. The van der Waals surface area contributed by atoms with E-state index < -0.39 is 16.0 Å². The maximum atomic E-state index is 12.1. The van der Waals surface area contributed by atoms with Gasteiger partial charge in [-0.25, -0.2) is 13.2 Å². The Morgan fingerprint density at radius 2 is 1.71 bits per heavy atom. The van der Waals surface area contributed by atoms with Crippen molar-refractivity contribution in [2.24, 2.45) is 0 Å². The fraction of sp³-hybridized carbons (Fsp3) is 0.278. The molecule has 0 aliphatic rings. The molecule has 1 N–H and O–H groups in total. The van der Waals surface area contributed by atoms with Gasteiger partial charge in [0.15, 0.2) is 0 Å². The third-order valence-corrected chi connectivity index (χ3v) is 4.76. The fourth-order valence-electron chi connectivity index (χ4n) is 2.23. The molecule has 2 aromatic carbocycles. The van der Waals surface area contributed by atoms with Crippen LogP contribution in [-0.2, 0) is 21.2 Å². The van der Waals surface area contributed by atoms with Crippen molar-refractivity contribution in [2.45, 2.75) is 19.8 Å². The number of sulfonamides is 1. The fourth-order valence-corrected chi connectivity index (χ4v) is 3.35. The molecule has 0 bridgehead atoms. The number of ether oxygens (including phenoxy) is 1. The summed E-state index contributed by atoms with van der Waals surface area (Å²) < 4.78 is 31.6. The second-order valence-corrected chi connectivity index (χ2v) is 7.15. The zero-order valence-corrected chi connectivity index (χ0v) is 14.4. The van der Waals surface area contributed by atoms with Gasteiger partial charge in [-0.1, -0.05) is 30.3 Å². The molecule has 0 aromatic heterocycles. The Labute approximate surface area is 142 Å². The largest absolute Gasteiger partial charge is 0.462 e. The number of benzene rings is 2. The normalized spacial score (nSPS) is 11.0. The molecule has 5 nitrogen and oxygen atoms in total. The highest BCUT2D eigenvalue weighted by molar-refractivity contribution is 7.92. The lowest BCUT2D eigenvalue weighted by atomic mass is 10.1. The van der Waals surface area contributed by atoms with E-state index in [1.807, 2.05) is 30.3 Å². The van der Waals surface area contributed by atoms with Gasteiger partial charge >= 0.3 is 5.97 Å². The van der Waals surface area contributed by atoms with Gasteiger partial charge in [-0.3, -0.25) is 4.72 Å². The van der Waals surface area contributed by atoms with Crippen molar-refractivity contribution in [3.05, 3.63) is 65.7 Å². The average molecular weight is 347 g/mol. The molecule has 128 valence electrons. The molecule has 0 unspecified atom stereocenters. The van der Waals surface area contributed by atoms with Gasteiger partial charge in [-0.2, -0.15) is 0 Å². The quantitative estimate of drug-likeness (QED) is 0.744. The first-order valence-electron chi connectivity index (χ1n) is 7.82. The molecule has 0 radical (unpaired) electrons. The Bertz CT molecular complexity index is 755. The van der Waals surface area contributed by atoms with Crippen LogP contribution >= 0.6 is 0 Å². The van der Waals surface area contributed by atoms with Crippen LogP contribution in [0.3, 0.4) is 0 Å². The highest BCUT2D eigenvalue weighted by Crippen LogP contribution is 2.13. The van der Waals surface area contributed by atoms with E-state index in [-0.39, 0.29) is 5.75 Å². The maximum Gasteiger partial charge on any atom is 0.338 e. The van der Waals surface area contributed by atoms with Gasteiger partial charge in [0.05, 0.1) is 17.9 Å². The van der Waals surface area contributed by atoms with Crippen molar-refractivity contribution in [2.75, 3.05) is 17.1 Å². The SMILES string of the molecule is CCOC(=O)c1ccc(NS(=O)(=O)CCCc2ccccc2)cc1. The Kier molecular flexibility index (Phi) is 6.37. The van der Waals surface area contributed by atoms with E-state index in [1.165, 1.54) is 0 Å². The van der Waals surface area contributed by atoms with E-state index >= 15 is 0 Å². The number of nitrogens with one attached hydrogen (secondary N) is 1. The summed E-state index contributed by atoms with van der Waals surface area (Å²) in [6.07, 6.45) is 1.25. The summed E-state index contributed by atoms with van der Waals surface area (Å²) in [5, 5.41) is 0. The standard InChI is InChI=1S/C18H21NO4S/c1-2-23-18(20)16-10-12-17(13-11-16)19-24(21,22)14-6-9-15-7-4-3-5-8-15/h3-5,7-8,10-13,19H,2,6,9,14H2,1H3. The third kappa shape index (κ3) is 5.70. The maximum absolute atomic E-state index is 12.1. The van der Waals surface area contributed by atoms with E-state index in [0.29, 0.717) is 30.7 Å². The minimum Gasteiger partial charge on any atom is -0.462 e. The van der Waals surface area contributed by atoms with E-state index in [0.717, 1.165) is 5.56 Å². The van der Waals surface area contributed by atoms with Crippen molar-refractivity contribution in [1.82, 2.24) is 0 Å². The lowest BCUT2D eigenvalue weighted by molar-refractivity contribution is 0.0526. The van der Waals surface area contributed by atoms with Crippen LogP contribution in [0.15, 0.2) is 54.6 Å². The van der Waals surface area contributed by atoms with Crippen LogP contribution in [-0.4, -0.2) is 26.7 Å². The molecule has 0 aliphatic heterocycles. The number of hydrogen-bond donors (Lipinski definition) is 1. The van der Waals surface area contributed by atoms with Crippen LogP contribution in [0.1, 0.15) is 29.3 Å². The van der Waals surface area contributed by atoms with Crippen molar-refractivity contribution in [3.63, 3.8) is 0 Å². The number of carbonyl (C=O) groups excluding carboxylic acids is 1. The highest BCUT2D eigenvalue weighted by Gasteiger charge is 2.11. The smallest absolute Gasteiger partial charge is 0.338 e. The summed E-state index contributed by atoms with van der Waals surface area (Å²) in [4.78, 5) is 11.6. The van der Waals surface area contributed by atoms with Gasteiger partial charge < -0.3 is 4.74 Å². The molecule has 0 spiro atoms. The molecule has 0 atom stereocenters. The number of aryl methyl sites for hydroxylation is 1. The molecule has 0 aliphatic carbocycles. The Morgan fingerprint density at radius 3 is 2.33 bits per heavy atom. The monoisotopic (exact) mass is 347 g/mol. The first-order valence-corrected chi connectivity index (χ1v) is 9.47. The summed E-state index contributed by atoms with van der Waals surface area (Å²) in [6, 6.07) is 16.0. The van der Waals surface area contributed by atoms with Crippen LogP contribution in [0.4, 0.5) is 5.69 Å². The van der Waals surface area contributed by atoms with E-state index in [2.05, 4.69) is 4.72 Å². The van der Waals surface area contributed by atoms with Gasteiger partial charge in [0.1, 0.15) is 0 Å². The molecular formula is C18H21NO4S. The van der Waals surface area contributed by atoms with Crippen LogP contribution < -0.4 is 4.72 Å². The molecule has 0 saturated heterocycles. The van der Waals surface area contributed by atoms with Gasteiger partial charge in [0, 0.05) is 5.69 Å². The van der Waals surface area contributed by atoms with Gasteiger partial charge in [0.25, 0.3) is 0 Å². The number of hydrogen-bond acceptors (Lipinski definition) is 4. The number of esters is 1. The summed E-state index contributed by atoms with van der Waals surface area (Å²) in [5.41, 5.74) is 1.94. The second-order valence-electron chi connectivity index (χ2n) is 5.31. The summed E-state index contributed by atoms with van der Waals surface area (Å²) in [5.74, 6) is -0.378. The van der Waals surface area contributed by atoms with Crippen molar-refractivity contribution >= 4 is 21.7 Å². The zero-order valence-electron chi connectivity index (χ0n) is 13.6. The summed E-state index contributed by atoms with van der Waals surface area (Å²) in [6.45, 7) is 2.03. The molecule has 0 fully saturated rings. The minimum atomic E-state index is -3.41. The van der Waals surface area contributed by atoms with Crippen LogP contribution in [0, 0.1) is 0 Å². The van der Waals surface area contributed by atoms with Crippen LogP contribution in [0.25, 0.3) is 0 Å². The van der Waals surface area contributed by atoms with E-state index in [1.54, 1.807) is 31.2 Å². The Morgan fingerprint density at radius 1 is 1.04 bits per heavy atom. The first kappa shape index (κ1) is 18.0. The second kappa shape index (κ2) is 8.49. The zero-order chi connectivity index (χ0) is 17.4. The summed E-state index contributed by atoms with van der Waals surface area (Å²) in [7, 11) is -3.41. The molecule has 0 heterocycles. The van der Waals surface area contributed by atoms with E-state index in [4.69, 9.17) is 4.74 Å². The lowest BCUT2D eigenvalue weighted by Gasteiger charge is -2.09. The van der Waals surface area contributed by atoms with E-state index in [9.17, 15) is 13.2 Å². The minimum absolute atomic E-state index is 0.0432. The number of rotatable bonds is 8. The number of anilines is 1. The predicted molar refractivity (Wildman–Crippen MR) is 94.6 cm³/mol. The Balaban J connectivity index is 1.88. The molecule has 0 saturated carbocycles. The van der Waals surface area contributed by atoms with Gasteiger partial charge in [0.2, 0.25) is 10.0 Å². The van der Waals surface area contributed by atoms with Crippen molar-refractivity contribution in [1.29, 1.82) is 0 Å². The molecule has 2 rings (SSSR count). The summed E-state index contributed by atoms with van der Waals surface area (Å²) >= 11 is 0. The van der Waals surface area contributed by atoms with Gasteiger partial charge in [-0.15, -0.1) is 0 Å². The topological polar surface area (TPSA) is 72.5 Å².